The summed E-state index contributed by atoms with van der Waals surface area (Å²) in [5, 5.41) is 20.9. The third-order valence-corrected chi connectivity index (χ3v) is 7.32. The molecule has 0 saturated heterocycles. The first-order valence-corrected chi connectivity index (χ1v) is 11.6. The number of rotatable bonds is 6. The third-order valence-electron chi connectivity index (χ3n) is 5.27. The highest BCUT2D eigenvalue weighted by atomic mass is 35.5. The number of nitrogens with zero attached hydrogens (tertiary/aromatic N) is 2. The molecular weight excluding hydrogens is 468 g/mol. The highest BCUT2D eigenvalue weighted by Gasteiger charge is 2.31. The van der Waals surface area contributed by atoms with E-state index in [-0.39, 0.29) is 21.7 Å². The summed E-state index contributed by atoms with van der Waals surface area (Å²) in [6.45, 7) is 0.308. The molecule has 1 aliphatic rings. The molecule has 0 amide bonds. The maximum atomic E-state index is 13.3. The molecule has 0 aromatic heterocycles. The van der Waals surface area contributed by atoms with Gasteiger partial charge in [0.05, 0.1) is 21.1 Å². The number of carbonyl (C=O) groups is 1. The van der Waals surface area contributed by atoms with Gasteiger partial charge in [0.2, 0.25) is 0 Å². The number of non-ortho nitro benzene ring substituents is 1. The van der Waals surface area contributed by atoms with Gasteiger partial charge in [-0.3, -0.25) is 14.4 Å². The minimum atomic E-state index is -3.82. The molecule has 168 valence electrons. The molecule has 0 saturated carbocycles. The van der Waals surface area contributed by atoms with E-state index in [2.05, 4.69) is 0 Å². The van der Waals surface area contributed by atoms with Crippen molar-refractivity contribution in [3.63, 3.8) is 0 Å². The van der Waals surface area contributed by atoms with Gasteiger partial charge in [-0.2, -0.15) is 0 Å². The molecule has 0 aliphatic carbocycles. The largest absolute Gasteiger partial charge is 0.478 e. The summed E-state index contributed by atoms with van der Waals surface area (Å²) in [5.74, 6) is -1.30. The van der Waals surface area contributed by atoms with Crippen LogP contribution in [-0.2, 0) is 16.4 Å². The Morgan fingerprint density at radius 1 is 1.09 bits per heavy atom. The Kier molecular flexibility index (Phi) is 5.92. The van der Waals surface area contributed by atoms with E-state index >= 15 is 0 Å². The molecule has 1 aliphatic heterocycles. The van der Waals surface area contributed by atoms with E-state index in [1.54, 1.807) is 36.4 Å². The summed E-state index contributed by atoms with van der Waals surface area (Å²) in [5.41, 5.74) is 1.69. The first kappa shape index (κ1) is 22.5. The van der Waals surface area contributed by atoms with Crippen LogP contribution in [-0.4, -0.2) is 31.0 Å². The maximum absolute atomic E-state index is 13.3. The monoisotopic (exact) mass is 484 g/mol. The Morgan fingerprint density at radius 3 is 2.61 bits per heavy atom. The highest BCUT2D eigenvalue weighted by molar-refractivity contribution is 7.92. The second kappa shape index (κ2) is 8.68. The Morgan fingerprint density at radius 2 is 1.88 bits per heavy atom. The van der Waals surface area contributed by atoms with E-state index < -0.39 is 20.9 Å². The van der Waals surface area contributed by atoms with Gasteiger partial charge in [0.1, 0.15) is 0 Å². The van der Waals surface area contributed by atoms with Crippen LogP contribution >= 0.6 is 11.6 Å². The molecule has 1 heterocycles. The second-order valence-corrected chi connectivity index (χ2v) is 9.64. The Hall–Kier alpha value is -3.69. The zero-order valence-electron chi connectivity index (χ0n) is 17.0. The molecule has 3 aromatic carbocycles. The minimum absolute atomic E-state index is 0.0922. The van der Waals surface area contributed by atoms with Crippen LogP contribution in [0, 0.1) is 10.1 Å². The molecule has 3 aromatic rings. The normalized spacial score (nSPS) is 13.3. The number of nitro groups is 1. The Balaban J connectivity index is 1.65. The van der Waals surface area contributed by atoms with Crippen molar-refractivity contribution in [2.45, 2.75) is 11.3 Å². The van der Waals surface area contributed by atoms with Gasteiger partial charge in [0.15, 0.2) is 0 Å². The summed E-state index contributed by atoms with van der Waals surface area (Å²) in [6.07, 6.45) is 3.60. The second-order valence-electron chi connectivity index (χ2n) is 7.34. The average molecular weight is 485 g/mol. The number of halogens is 1. The first-order valence-electron chi connectivity index (χ1n) is 9.78. The maximum Gasteiger partial charge on any atom is 0.336 e. The summed E-state index contributed by atoms with van der Waals surface area (Å²) in [7, 11) is -3.82. The van der Waals surface area contributed by atoms with Crippen molar-refractivity contribution < 1.29 is 23.2 Å². The molecule has 0 atom stereocenters. The fourth-order valence-corrected chi connectivity index (χ4v) is 5.42. The van der Waals surface area contributed by atoms with Crippen LogP contribution in [0.25, 0.3) is 12.2 Å². The zero-order chi connectivity index (χ0) is 23.8. The van der Waals surface area contributed by atoms with Crippen LogP contribution < -0.4 is 4.31 Å². The highest BCUT2D eigenvalue weighted by Crippen LogP contribution is 2.34. The zero-order valence-corrected chi connectivity index (χ0v) is 18.6. The van der Waals surface area contributed by atoms with E-state index in [1.165, 1.54) is 34.6 Å². The first-order chi connectivity index (χ1) is 15.7. The van der Waals surface area contributed by atoms with Gasteiger partial charge in [-0.1, -0.05) is 35.9 Å². The number of hydrogen-bond acceptors (Lipinski definition) is 5. The molecule has 0 radical (unpaired) electrons. The van der Waals surface area contributed by atoms with Crippen LogP contribution in [0.4, 0.5) is 11.4 Å². The number of anilines is 1. The van der Waals surface area contributed by atoms with Crippen LogP contribution in [0.3, 0.4) is 0 Å². The van der Waals surface area contributed by atoms with E-state index in [0.717, 1.165) is 11.6 Å². The number of carboxylic acid groups (broad SMARTS) is 1. The molecule has 1 N–H and O–H groups in total. The number of fused-ring (bicyclic) bond motifs is 1. The number of carboxylic acids is 1. The van der Waals surface area contributed by atoms with Crippen LogP contribution in [0.5, 0.6) is 0 Å². The smallest absolute Gasteiger partial charge is 0.336 e. The lowest BCUT2D eigenvalue weighted by molar-refractivity contribution is -0.384. The molecule has 33 heavy (non-hydrogen) atoms. The number of nitro benzene ring substituents is 1. The van der Waals surface area contributed by atoms with Gasteiger partial charge in [0, 0.05) is 23.7 Å². The van der Waals surface area contributed by atoms with Gasteiger partial charge in [0.25, 0.3) is 15.7 Å². The third kappa shape index (κ3) is 4.46. The lowest BCUT2D eigenvalue weighted by Crippen LogP contribution is -2.29. The van der Waals surface area contributed by atoms with E-state index in [9.17, 15) is 28.4 Å². The summed E-state index contributed by atoms with van der Waals surface area (Å²) >= 11 is 6.02. The van der Waals surface area contributed by atoms with Crippen LogP contribution in [0.2, 0.25) is 5.02 Å². The number of aromatic carboxylic acids is 1. The molecule has 10 heteroatoms. The van der Waals surface area contributed by atoms with Gasteiger partial charge in [-0.05, 0) is 59.5 Å². The fraction of sp³-hybridized carbons (Fsp3) is 0.0870. The van der Waals surface area contributed by atoms with E-state index in [1.807, 2.05) is 0 Å². The van der Waals surface area contributed by atoms with Crippen molar-refractivity contribution in [1.29, 1.82) is 0 Å². The lowest BCUT2D eigenvalue weighted by Gasteiger charge is -2.20. The summed E-state index contributed by atoms with van der Waals surface area (Å²) in [4.78, 5) is 21.9. The minimum Gasteiger partial charge on any atom is -0.478 e. The number of sulfonamides is 1. The Labute approximate surface area is 194 Å². The van der Waals surface area contributed by atoms with Gasteiger partial charge in [-0.25, -0.2) is 13.2 Å². The topological polar surface area (TPSA) is 118 Å². The average Bonchev–Trinajstić information content (AvgIpc) is 3.21. The van der Waals surface area contributed by atoms with Crippen LogP contribution in [0.15, 0.2) is 65.6 Å². The molecule has 0 bridgehead atoms. The molecule has 0 fully saturated rings. The molecule has 0 spiro atoms. The molecule has 4 rings (SSSR count). The lowest BCUT2D eigenvalue weighted by atomic mass is 10.0. The van der Waals surface area contributed by atoms with Crippen molar-refractivity contribution in [3.8, 4) is 0 Å². The van der Waals surface area contributed by atoms with Crippen LogP contribution in [0.1, 0.15) is 27.0 Å². The van der Waals surface area contributed by atoms with Gasteiger partial charge in [-0.15, -0.1) is 0 Å². The predicted molar refractivity (Wildman–Crippen MR) is 125 cm³/mol. The van der Waals surface area contributed by atoms with Crippen molar-refractivity contribution >= 4 is 51.1 Å². The van der Waals surface area contributed by atoms with Crippen molar-refractivity contribution in [2.75, 3.05) is 10.8 Å². The van der Waals surface area contributed by atoms with Gasteiger partial charge >= 0.3 is 5.97 Å². The quantitative estimate of drug-likeness (QED) is 0.303. The predicted octanol–water partition coefficient (Wildman–Crippen LogP) is 4.87. The molecule has 8 nitrogen and oxygen atoms in total. The van der Waals surface area contributed by atoms with Gasteiger partial charge < -0.3 is 5.11 Å². The number of benzene rings is 3. The molecular formula is C23H17ClN2O6S. The van der Waals surface area contributed by atoms with Crippen molar-refractivity contribution in [2.24, 2.45) is 0 Å². The number of hydrogen-bond donors (Lipinski definition) is 1. The summed E-state index contributed by atoms with van der Waals surface area (Å²) in [6, 6.07) is 14.9. The molecule has 0 unspecified atom stereocenters. The van der Waals surface area contributed by atoms with Crippen molar-refractivity contribution in [3.05, 3.63) is 98.1 Å². The van der Waals surface area contributed by atoms with E-state index in [0.29, 0.717) is 29.2 Å². The summed E-state index contributed by atoms with van der Waals surface area (Å²) < 4.78 is 27.9. The fourth-order valence-electron chi connectivity index (χ4n) is 3.67. The SMILES string of the molecule is O=C(O)c1cc([N+](=O)[O-])ccc1/C=C/c1cccc(S(=O)(=O)N2CCc3cc(Cl)ccc32)c1. The van der Waals surface area contributed by atoms with E-state index in [4.69, 9.17) is 11.6 Å². The standard InChI is InChI=1S/C23H17ClN2O6S/c24-18-7-9-22-17(13-18)10-11-25(22)33(31,32)20-3-1-2-15(12-20)4-5-16-6-8-19(26(29)30)14-21(16)23(27)28/h1-9,12-14H,10-11H2,(H,27,28)/b5-4+. The van der Waals surface area contributed by atoms with Crippen molar-refractivity contribution in [1.82, 2.24) is 0 Å². The Bertz CT molecular complexity index is 1420.